The standard InChI is InChI=1S/C16H14F2OS/c17-13-8-9-16(14(18)11-13)20-10-4-7-15(19)12-5-2-1-3-6-12/h1-3,5-6,8-9,11H,4,7,10H2. The molecule has 0 aliphatic carbocycles. The summed E-state index contributed by atoms with van der Waals surface area (Å²) in [6, 6.07) is 12.6. The van der Waals surface area contributed by atoms with Gasteiger partial charge in [-0.05, 0) is 24.3 Å². The number of Topliss-reactive ketones (excluding diaryl/α,β-unsaturated/α-hetero) is 1. The Hall–Kier alpha value is -1.68. The second kappa shape index (κ2) is 7.20. The molecule has 20 heavy (non-hydrogen) atoms. The first-order valence-corrected chi connectivity index (χ1v) is 7.31. The Kier molecular flexibility index (Phi) is 5.30. The van der Waals surface area contributed by atoms with Gasteiger partial charge in [-0.3, -0.25) is 4.79 Å². The van der Waals surface area contributed by atoms with Crippen molar-refractivity contribution in [1.29, 1.82) is 0 Å². The molecule has 0 radical (unpaired) electrons. The van der Waals surface area contributed by atoms with Gasteiger partial charge in [-0.2, -0.15) is 0 Å². The van der Waals surface area contributed by atoms with E-state index in [1.165, 1.54) is 23.9 Å². The quantitative estimate of drug-likeness (QED) is 0.435. The smallest absolute Gasteiger partial charge is 0.162 e. The lowest BCUT2D eigenvalue weighted by atomic mass is 10.1. The molecule has 0 aromatic heterocycles. The van der Waals surface area contributed by atoms with Crippen LogP contribution in [0.2, 0.25) is 0 Å². The molecule has 0 fully saturated rings. The van der Waals surface area contributed by atoms with Crippen molar-refractivity contribution in [3.63, 3.8) is 0 Å². The van der Waals surface area contributed by atoms with Crippen LogP contribution in [0.3, 0.4) is 0 Å². The molecule has 0 N–H and O–H groups in total. The molecule has 0 aliphatic heterocycles. The van der Waals surface area contributed by atoms with Crippen LogP contribution in [0, 0.1) is 11.6 Å². The molecule has 4 heteroatoms. The first-order valence-electron chi connectivity index (χ1n) is 6.33. The van der Waals surface area contributed by atoms with Gasteiger partial charge < -0.3 is 0 Å². The number of halogens is 2. The number of ketones is 1. The van der Waals surface area contributed by atoms with Crippen LogP contribution in [0.15, 0.2) is 53.4 Å². The SMILES string of the molecule is O=C(CCCSc1ccc(F)cc1F)c1ccccc1. The zero-order chi connectivity index (χ0) is 14.4. The minimum Gasteiger partial charge on any atom is -0.294 e. The van der Waals surface area contributed by atoms with E-state index >= 15 is 0 Å². The van der Waals surface area contributed by atoms with E-state index in [1.54, 1.807) is 12.1 Å². The maximum absolute atomic E-state index is 13.4. The van der Waals surface area contributed by atoms with Crippen molar-refractivity contribution in [3.05, 3.63) is 65.7 Å². The zero-order valence-electron chi connectivity index (χ0n) is 10.8. The van der Waals surface area contributed by atoms with Gasteiger partial charge in [0.05, 0.1) is 0 Å². The third-order valence-electron chi connectivity index (χ3n) is 2.80. The van der Waals surface area contributed by atoms with Crippen molar-refractivity contribution in [2.75, 3.05) is 5.75 Å². The van der Waals surface area contributed by atoms with Gasteiger partial charge in [-0.25, -0.2) is 8.78 Å². The second-order valence-corrected chi connectivity index (χ2v) is 5.45. The molecule has 2 rings (SSSR count). The molecule has 0 bridgehead atoms. The van der Waals surface area contributed by atoms with Crippen LogP contribution in [-0.2, 0) is 0 Å². The van der Waals surface area contributed by atoms with Gasteiger partial charge in [-0.15, -0.1) is 11.8 Å². The Morgan fingerprint density at radius 2 is 1.80 bits per heavy atom. The highest BCUT2D eigenvalue weighted by Crippen LogP contribution is 2.23. The fourth-order valence-corrected chi connectivity index (χ4v) is 2.65. The lowest BCUT2D eigenvalue weighted by molar-refractivity contribution is 0.0982. The molecule has 0 unspecified atom stereocenters. The van der Waals surface area contributed by atoms with Crippen LogP contribution in [0.4, 0.5) is 8.78 Å². The van der Waals surface area contributed by atoms with E-state index in [1.807, 2.05) is 18.2 Å². The molecule has 0 spiro atoms. The largest absolute Gasteiger partial charge is 0.294 e. The van der Waals surface area contributed by atoms with Crippen molar-refractivity contribution < 1.29 is 13.6 Å². The van der Waals surface area contributed by atoms with E-state index in [0.29, 0.717) is 29.1 Å². The van der Waals surface area contributed by atoms with Crippen LogP contribution < -0.4 is 0 Å². The highest BCUT2D eigenvalue weighted by Gasteiger charge is 2.07. The summed E-state index contributed by atoms with van der Waals surface area (Å²) >= 11 is 1.30. The van der Waals surface area contributed by atoms with Gasteiger partial charge in [0.25, 0.3) is 0 Å². The van der Waals surface area contributed by atoms with Crippen molar-refractivity contribution in [2.45, 2.75) is 17.7 Å². The summed E-state index contributed by atoms with van der Waals surface area (Å²) in [5.74, 6) is -0.414. The summed E-state index contributed by atoms with van der Waals surface area (Å²) in [6.45, 7) is 0. The number of hydrogen-bond donors (Lipinski definition) is 0. The number of benzene rings is 2. The lowest BCUT2D eigenvalue weighted by Gasteiger charge is -2.03. The van der Waals surface area contributed by atoms with Gasteiger partial charge in [0.15, 0.2) is 5.78 Å². The molecule has 0 saturated carbocycles. The van der Waals surface area contributed by atoms with Crippen molar-refractivity contribution >= 4 is 17.5 Å². The lowest BCUT2D eigenvalue weighted by Crippen LogP contribution is -1.99. The highest BCUT2D eigenvalue weighted by atomic mass is 32.2. The number of hydrogen-bond acceptors (Lipinski definition) is 2. The first-order chi connectivity index (χ1) is 9.66. The third-order valence-corrected chi connectivity index (χ3v) is 3.93. The normalized spacial score (nSPS) is 10.5. The Bertz CT molecular complexity index is 584. The summed E-state index contributed by atoms with van der Waals surface area (Å²) in [4.78, 5) is 12.3. The molecule has 0 atom stereocenters. The van der Waals surface area contributed by atoms with Crippen molar-refractivity contribution in [1.82, 2.24) is 0 Å². The molecule has 0 aliphatic rings. The molecule has 2 aromatic rings. The van der Waals surface area contributed by atoms with Gasteiger partial charge in [0.1, 0.15) is 11.6 Å². The second-order valence-electron chi connectivity index (χ2n) is 4.32. The van der Waals surface area contributed by atoms with Crippen molar-refractivity contribution in [3.8, 4) is 0 Å². The average Bonchev–Trinajstić information content (AvgIpc) is 2.46. The minimum atomic E-state index is -0.578. The van der Waals surface area contributed by atoms with Gasteiger partial charge in [0, 0.05) is 22.9 Å². The van der Waals surface area contributed by atoms with E-state index < -0.39 is 11.6 Å². The fraction of sp³-hybridized carbons (Fsp3) is 0.188. The Morgan fingerprint density at radius 3 is 2.50 bits per heavy atom. The molecule has 1 nitrogen and oxygen atoms in total. The Balaban J connectivity index is 1.78. The van der Waals surface area contributed by atoms with Crippen LogP contribution >= 0.6 is 11.8 Å². The van der Waals surface area contributed by atoms with Crippen molar-refractivity contribution in [2.24, 2.45) is 0 Å². The molecule has 2 aromatic carbocycles. The predicted octanol–water partition coefficient (Wildman–Crippen LogP) is 4.72. The van der Waals surface area contributed by atoms with E-state index in [4.69, 9.17) is 0 Å². The molecule has 0 heterocycles. The van der Waals surface area contributed by atoms with E-state index in [0.717, 1.165) is 6.07 Å². The maximum atomic E-state index is 13.4. The van der Waals surface area contributed by atoms with Crippen LogP contribution in [0.1, 0.15) is 23.2 Å². The van der Waals surface area contributed by atoms with E-state index in [2.05, 4.69) is 0 Å². The fourth-order valence-electron chi connectivity index (χ4n) is 1.78. The van der Waals surface area contributed by atoms with Gasteiger partial charge in [0.2, 0.25) is 0 Å². The average molecular weight is 292 g/mol. The topological polar surface area (TPSA) is 17.1 Å². The molecule has 0 saturated heterocycles. The monoisotopic (exact) mass is 292 g/mol. The van der Waals surface area contributed by atoms with Crippen LogP contribution in [0.25, 0.3) is 0 Å². The number of thioether (sulfide) groups is 1. The van der Waals surface area contributed by atoms with E-state index in [-0.39, 0.29) is 5.78 Å². The van der Waals surface area contributed by atoms with Crippen LogP contribution in [0.5, 0.6) is 0 Å². The van der Waals surface area contributed by atoms with Gasteiger partial charge >= 0.3 is 0 Å². The number of rotatable bonds is 6. The Morgan fingerprint density at radius 1 is 1.05 bits per heavy atom. The number of carbonyl (C=O) groups excluding carboxylic acids is 1. The van der Waals surface area contributed by atoms with Gasteiger partial charge in [-0.1, -0.05) is 30.3 Å². The Labute approximate surface area is 121 Å². The van der Waals surface area contributed by atoms with E-state index in [9.17, 15) is 13.6 Å². The summed E-state index contributed by atoms with van der Waals surface area (Å²) in [6.07, 6.45) is 1.09. The molecule has 104 valence electrons. The predicted molar refractivity (Wildman–Crippen MR) is 77.1 cm³/mol. The summed E-state index contributed by atoms with van der Waals surface area (Å²) in [7, 11) is 0. The molecular formula is C16H14F2OS. The number of carbonyl (C=O) groups is 1. The third kappa shape index (κ3) is 4.17. The molecular weight excluding hydrogens is 278 g/mol. The summed E-state index contributed by atoms with van der Waals surface area (Å²) in [5, 5.41) is 0. The summed E-state index contributed by atoms with van der Waals surface area (Å²) in [5.41, 5.74) is 0.700. The first kappa shape index (κ1) is 14.7. The highest BCUT2D eigenvalue weighted by molar-refractivity contribution is 7.99. The zero-order valence-corrected chi connectivity index (χ0v) is 11.6. The summed E-state index contributed by atoms with van der Waals surface area (Å²) < 4.78 is 26.1. The molecule has 0 amide bonds. The van der Waals surface area contributed by atoms with Crippen LogP contribution in [-0.4, -0.2) is 11.5 Å². The minimum absolute atomic E-state index is 0.0887. The maximum Gasteiger partial charge on any atom is 0.162 e.